The Morgan fingerprint density at radius 1 is 1.18 bits per heavy atom. The van der Waals surface area contributed by atoms with Crippen LogP contribution >= 0.6 is 0 Å². The van der Waals surface area contributed by atoms with E-state index in [1.54, 1.807) is 44.4 Å². The average Bonchev–Trinajstić information content (AvgIpc) is 2.69. The van der Waals surface area contributed by atoms with Gasteiger partial charge in [-0.15, -0.1) is 0 Å². The molecule has 1 aromatic heterocycles. The van der Waals surface area contributed by atoms with Gasteiger partial charge in [-0.3, -0.25) is 9.78 Å². The van der Waals surface area contributed by atoms with E-state index in [1.165, 1.54) is 6.20 Å². The summed E-state index contributed by atoms with van der Waals surface area (Å²) in [7, 11) is 1.56. The van der Waals surface area contributed by atoms with Crippen LogP contribution < -0.4 is 15.8 Å². The first-order chi connectivity index (χ1) is 13.4. The Morgan fingerprint density at radius 3 is 2.68 bits per heavy atom. The molecule has 0 aliphatic heterocycles. The Morgan fingerprint density at radius 2 is 1.96 bits per heavy atom. The van der Waals surface area contributed by atoms with Crippen molar-refractivity contribution in [1.82, 2.24) is 4.98 Å². The molecule has 0 aliphatic carbocycles. The van der Waals surface area contributed by atoms with Crippen molar-refractivity contribution in [2.75, 3.05) is 24.8 Å². The van der Waals surface area contributed by atoms with Crippen LogP contribution in [0.15, 0.2) is 42.6 Å². The second-order valence-electron chi connectivity index (χ2n) is 6.18. The molecule has 3 N–H and O–H groups in total. The standard InChI is InChI=1S/C21H21N3O4/c1-4-28-21(26)16-11-23-17-8-7-14(10-15(17)19(16)22)24-20(25)13-6-5-12(2)18(9-13)27-3/h5-11H,4H2,1-3H3,(H2,22,23)(H,24,25). The third kappa shape index (κ3) is 3.73. The van der Waals surface area contributed by atoms with Crippen molar-refractivity contribution >= 4 is 34.2 Å². The lowest BCUT2D eigenvalue weighted by atomic mass is 10.1. The first kappa shape index (κ1) is 19.2. The third-order valence-corrected chi connectivity index (χ3v) is 4.33. The molecule has 28 heavy (non-hydrogen) atoms. The summed E-state index contributed by atoms with van der Waals surface area (Å²) in [6.07, 6.45) is 1.40. The molecule has 144 valence electrons. The summed E-state index contributed by atoms with van der Waals surface area (Å²) in [4.78, 5) is 28.9. The predicted molar refractivity (Wildman–Crippen MR) is 108 cm³/mol. The van der Waals surface area contributed by atoms with Crippen LogP contribution in [0.2, 0.25) is 0 Å². The van der Waals surface area contributed by atoms with Crippen LogP contribution in [0.4, 0.5) is 11.4 Å². The number of nitrogens with one attached hydrogen (secondary N) is 1. The molecule has 0 saturated heterocycles. The van der Waals surface area contributed by atoms with Gasteiger partial charge in [0, 0.05) is 22.8 Å². The van der Waals surface area contributed by atoms with Crippen LogP contribution in [0.3, 0.4) is 0 Å². The number of pyridine rings is 1. The van der Waals surface area contributed by atoms with E-state index in [2.05, 4.69) is 10.3 Å². The Kier molecular flexibility index (Phi) is 5.44. The number of aromatic nitrogens is 1. The number of rotatable bonds is 5. The molecular weight excluding hydrogens is 358 g/mol. The van der Waals surface area contributed by atoms with Crippen molar-refractivity contribution in [1.29, 1.82) is 0 Å². The fourth-order valence-electron chi connectivity index (χ4n) is 2.83. The summed E-state index contributed by atoms with van der Waals surface area (Å²) in [5, 5.41) is 3.39. The van der Waals surface area contributed by atoms with Gasteiger partial charge in [0.2, 0.25) is 0 Å². The number of nitrogens with zero attached hydrogens (tertiary/aromatic N) is 1. The Balaban J connectivity index is 1.92. The highest BCUT2D eigenvalue weighted by Gasteiger charge is 2.15. The number of fused-ring (bicyclic) bond motifs is 1. The van der Waals surface area contributed by atoms with Gasteiger partial charge in [-0.25, -0.2) is 4.79 Å². The molecular formula is C21H21N3O4. The van der Waals surface area contributed by atoms with Crippen molar-refractivity contribution in [3.8, 4) is 5.75 Å². The Bertz CT molecular complexity index is 1060. The number of amides is 1. The molecule has 0 saturated carbocycles. The van der Waals surface area contributed by atoms with Crippen molar-refractivity contribution in [2.24, 2.45) is 0 Å². The molecule has 1 amide bonds. The molecule has 0 atom stereocenters. The lowest BCUT2D eigenvalue weighted by Crippen LogP contribution is -2.12. The van der Waals surface area contributed by atoms with E-state index < -0.39 is 5.97 Å². The molecule has 7 nitrogen and oxygen atoms in total. The van der Waals surface area contributed by atoms with E-state index in [9.17, 15) is 9.59 Å². The summed E-state index contributed by atoms with van der Waals surface area (Å²) in [6.45, 7) is 3.86. The number of hydrogen-bond donors (Lipinski definition) is 2. The summed E-state index contributed by atoms with van der Waals surface area (Å²) in [6, 6.07) is 10.4. The van der Waals surface area contributed by atoms with Gasteiger partial charge in [0.1, 0.15) is 11.3 Å². The topological polar surface area (TPSA) is 104 Å². The van der Waals surface area contributed by atoms with Gasteiger partial charge in [-0.05, 0) is 49.7 Å². The monoisotopic (exact) mass is 379 g/mol. The van der Waals surface area contributed by atoms with Gasteiger partial charge >= 0.3 is 5.97 Å². The van der Waals surface area contributed by atoms with E-state index in [0.717, 1.165) is 5.56 Å². The molecule has 0 radical (unpaired) electrons. The second kappa shape index (κ2) is 7.96. The van der Waals surface area contributed by atoms with E-state index in [4.69, 9.17) is 15.2 Å². The maximum atomic E-state index is 12.6. The molecule has 0 bridgehead atoms. The van der Waals surface area contributed by atoms with Crippen molar-refractivity contribution in [3.63, 3.8) is 0 Å². The van der Waals surface area contributed by atoms with Crippen LogP contribution in [0, 0.1) is 6.92 Å². The number of anilines is 2. The number of carbonyl (C=O) groups is 2. The number of methoxy groups -OCH3 is 1. The van der Waals surface area contributed by atoms with Crippen molar-refractivity contribution in [2.45, 2.75) is 13.8 Å². The van der Waals surface area contributed by atoms with Crippen LogP contribution in [0.25, 0.3) is 10.9 Å². The minimum atomic E-state index is -0.532. The lowest BCUT2D eigenvalue weighted by Gasteiger charge is -2.11. The number of aryl methyl sites for hydroxylation is 1. The van der Waals surface area contributed by atoms with Gasteiger partial charge in [0.05, 0.1) is 24.9 Å². The van der Waals surface area contributed by atoms with Gasteiger partial charge < -0.3 is 20.5 Å². The zero-order valence-electron chi connectivity index (χ0n) is 15.9. The molecule has 3 aromatic rings. The quantitative estimate of drug-likeness (QED) is 0.657. The SMILES string of the molecule is CCOC(=O)c1cnc2ccc(NC(=O)c3ccc(C)c(OC)c3)cc2c1N. The number of ether oxygens (including phenoxy) is 2. The van der Waals surface area contributed by atoms with E-state index in [-0.39, 0.29) is 23.8 Å². The number of esters is 1. The van der Waals surface area contributed by atoms with E-state index >= 15 is 0 Å². The van der Waals surface area contributed by atoms with E-state index in [1.807, 2.05) is 13.0 Å². The number of hydrogen-bond acceptors (Lipinski definition) is 6. The highest BCUT2D eigenvalue weighted by atomic mass is 16.5. The zero-order chi connectivity index (χ0) is 20.3. The maximum Gasteiger partial charge on any atom is 0.341 e. The summed E-state index contributed by atoms with van der Waals surface area (Å²) in [5.41, 5.74) is 9.15. The minimum Gasteiger partial charge on any atom is -0.496 e. The molecule has 0 fully saturated rings. The predicted octanol–water partition coefficient (Wildman–Crippen LogP) is 3.56. The normalized spacial score (nSPS) is 10.5. The fraction of sp³-hybridized carbons (Fsp3) is 0.190. The molecule has 0 unspecified atom stereocenters. The van der Waals surface area contributed by atoms with Crippen LogP contribution in [-0.2, 0) is 4.74 Å². The smallest absolute Gasteiger partial charge is 0.341 e. The second-order valence-corrected chi connectivity index (χ2v) is 6.18. The number of carbonyl (C=O) groups excluding carboxylic acids is 2. The minimum absolute atomic E-state index is 0.195. The number of benzene rings is 2. The summed E-state index contributed by atoms with van der Waals surface area (Å²) < 4.78 is 10.3. The summed E-state index contributed by atoms with van der Waals surface area (Å²) >= 11 is 0. The van der Waals surface area contributed by atoms with Gasteiger partial charge in [-0.1, -0.05) is 6.07 Å². The third-order valence-electron chi connectivity index (χ3n) is 4.33. The summed E-state index contributed by atoms with van der Waals surface area (Å²) in [5.74, 6) is -0.181. The van der Waals surface area contributed by atoms with Crippen LogP contribution in [-0.4, -0.2) is 30.6 Å². The van der Waals surface area contributed by atoms with Gasteiger partial charge in [-0.2, -0.15) is 0 Å². The highest BCUT2D eigenvalue weighted by molar-refractivity contribution is 6.08. The number of nitrogen functional groups attached to an aromatic ring is 1. The van der Waals surface area contributed by atoms with Crippen molar-refractivity contribution in [3.05, 3.63) is 59.3 Å². The maximum absolute atomic E-state index is 12.6. The van der Waals surface area contributed by atoms with Gasteiger partial charge in [0.15, 0.2) is 0 Å². The van der Waals surface area contributed by atoms with Crippen LogP contribution in [0.5, 0.6) is 5.75 Å². The Hall–Kier alpha value is -3.61. The highest BCUT2D eigenvalue weighted by Crippen LogP contribution is 2.27. The fourth-order valence-corrected chi connectivity index (χ4v) is 2.83. The molecule has 1 heterocycles. The van der Waals surface area contributed by atoms with Crippen LogP contribution in [0.1, 0.15) is 33.2 Å². The first-order valence-electron chi connectivity index (χ1n) is 8.76. The zero-order valence-corrected chi connectivity index (χ0v) is 15.9. The van der Waals surface area contributed by atoms with Crippen molar-refractivity contribution < 1.29 is 19.1 Å². The molecule has 0 aliphatic rings. The molecule has 3 rings (SSSR count). The largest absolute Gasteiger partial charge is 0.496 e. The molecule has 0 spiro atoms. The van der Waals surface area contributed by atoms with E-state index in [0.29, 0.717) is 27.9 Å². The first-order valence-corrected chi connectivity index (χ1v) is 8.76. The lowest BCUT2D eigenvalue weighted by molar-refractivity contribution is 0.0527. The molecule has 7 heteroatoms. The average molecular weight is 379 g/mol. The molecule has 2 aromatic carbocycles. The Labute approximate surface area is 162 Å². The number of nitrogens with two attached hydrogens (primary N) is 1. The van der Waals surface area contributed by atoms with Gasteiger partial charge in [0.25, 0.3) is 5.91 Å².